The second kappa shape index (κ2) is 7.69. The zero-order valence-corrected chi connectivity index (χ0v) is 14.4. The fourth-order valence-electron chi connectivity index (χ4n) is 2.90. The minimum absolute atomic E-state index is 0.0716. The largest absolute Gasteiger partial charge is 0.433 e. The van der Waals surface area contributed by atoms with Crippen molar-refractivity contribution in [1.29, 1.82) is 0 Å². The molecule has 2 aliphatic rings. The molecule has 0 aromatic carbocycles. The van der Waals surface area contributed by atoms with Crippen molar-refractivity contribution < 1.29 is 17.9 Å². The van der Waals surface area contributed by atoms with Gasteiger partial charge in [0.15, 0.2) is 10.8 Å². The normalized spacial score (nSPS) is 20.8. The minimum atomic E-state index is -4.54. The highest BCUT2D eigenvalue weighted by atomic mass is 32.1. The summed E-state index contributed by atoms with van der Waals surface area (Å²) in [6.07, 6.45) is -0.648. The quantitative estimate of drug-likeness (QED) is 0.784. The van der Waals surface area contributed by atoms with E-state index in [1.54, 1.807) is 0 Å². The maximum atomic E-state index is 13.1. The van der Waals surface area contributed by atoms with Crippen molar-refractivity contribution in [3.8, 4) is 0 Å². The molecular weight excluding hydrogens is 355 g/mol. The van der Waals surface area contributed by atoms with Crippen molar-refractivity contribution >= 4 is 29.1 Å². The summed E-state index contributed by atoms with van der Waals surface area (Å²) in [5.74, 6) is 0.116. The average Bonchev–Trinajstić information content (AvgIpc) is 3.25. The molecule has 0 aliphatic carbocycles. The third-order valence-corrected chi connectivity index (χ3v) is 4.42. The van der Waals surface area contributed by atoms with Crippen LogP contribution >= 0.6 is 12.2 Å². The number of aromatic nitrogens is 2. The van der Waals surface area contributed by atoms with Crippen molar-refractivity contribution in [2.24, 2.45) is 0 Å². The smallest absolute Gasteiger partial charge is 0.376 e. The van der Waals surface area contributed by atoms with Crippen LogP contribution in [0.1, 0.15) is 31.4 Å². The molecule has 2 fully saturated rings. The zero-order chi connectivity index (χ0) is 17.9. The van der Waals surface area contributed by atoms with Crippen molar-refractivity contribution in [3.63, 3.8) is 0 Å². The van der Waals surface area contributed by atoms with Gasteiger partial charge in [-0.15, -0.1) is 0 Å². The van der Waals surface area contributed by atoms with E-state index in [9.17, 15) is 13.2 Å². The third kappa shape index (κ3) is 4.91. The molecule has 0 spiro atoms. The molecular formula is C15H20F3N5OS. The van der Waals surface area contributed by atoms with Crippen LogP contribution < -0.4 is 15.5 Å². The average molecular weight is 375 g/mol. The van der Waals surface area contributed by atoms with Gasteiger partial charge in [0.05, 0.1) is 6.10 Å². The Labute approximate surface area is 149 Å². The standard InChI is InChI=1S/C15H20F3N5OS/c16-15(17,18)11-8-12(23-5-1-2-6-23)21-13(20-11)22-14(25)19-9-10-4-3-7-24-10/h8,10H,1-7,9H2,(H2,19,20,21,22,25). The number of nitrogens with one attached hydrogen (secondary N) is 2. The molecule has 0 bridgehead atoms. The van der Waals surface area contributed by atoms with Crippen LogP contribution in [-0.2, 0) is 10.9 Å². The molecule has 0 amide bonds. The van der Waals surface area contributed by atoms with Crippen LogP contribution in [0.3, 0.4) is 0 Å². The molecule has 0 saturated carbocycles. The maximum absolute atomic E-state index is 13.1. The lowest BCUT2D eigenvalue weighted by atomic mass is 10.2. The molecule has 2 aliphatic heterocycles. The molecule has 1 aromatic heterocycles. The van der Waals surface area contributed by atoms with Gasteiger partial charge in [-0.3, -0.25) is 0 Å². The Bertz CT molecular complexity index is 616. The van der Waals surface area contributed by atoms with Gasteiger partial charge in [-0.1, -0.05) is 0 Å². The molecule has 138 valence electrons. The summed E-state index contributed by atoms with van der Waals surface area (Å²) < 4.78 is 44.8. The van der Waals surface area contributed by atoms with Gasteiger partial charge in [0.1, 0.15) is 5.82 Å². The summed E-state index contributed by atoms with van der Waals surface area (Å²) >= 11 is 5.13. The van der Waals surface area contributed by atoms with Gasteiger partial charge < -0.3 is 20.3 Å². The van der Waals surface area contributed by atoms with E-state index in [1.165, 1.54) is 0 Å². The molecule has 6 nitrogen and oxygen atoms in total. The SMILES string of the molecule is FC(F)(F)c1cc(N2CCCC2)nc(NC(=S)NCC2CCCO2)n1. The number of halogens is 3. The number of hydrogen-bond acceptors (Lipinski definition) is 5. The Morgan fingerprint density at radius 2 is 2.04 bits per heavy atom. The fourth-order valence-corrected chi connectivity index (χ4v) is 3.08. The summed E-state index contributed by atoms with van der Waals surface area (Å²) in [6, 6.07) is 0.985. The van der Waals surface area contributed by atoms with Crippen LogP contribution in [0.4, 0.5) is 24.9 Å². The minimum Gasteiger partial charge on any atom is -0.376 e. The van der Waals surface area contributed by atoms with E-state index < -0.39 is 11.9 Å². The van der Waals surface area contributed by atoms with Crippen LogP contribution in [0.25, 0.3) is 0 Å². The Morgan fingerprint density at radius 3 is 2.68 bits per heavy atom. The van der Waals surface area contributed by atoms with Crippen LogP contribution in [0.5, 0.6) is 0 Å². The highest BCUT2D eigenvalue weighted by molar-refractivity contribution is 7.80. The molecule has 1 unspecified atom stereocenters. The third-order valence-electron chi connectivity index (χ3n) is 4.17. The lowest BCUT2D eigenvalue weighted by molar-refractivity contribution is -0.141. The van der Waals surface area contributed by atoms with E-state index in [1.807, 2.05) is 4.90 Å². The first-order valence-electron chi connectivity index (χ1n) is 8.29. The molecule has 2 saturated heterocycles. The number of rotatable bonds is 4. The van der Waals surface area contributed by atoms with Crippen LogP contribution in [0, 0.1) is 0 Å². The summed E-state index contributed by atoms with van der Waals surface area (Å²) in [6.45, 7) is 2.61. The molecule has 0 radical (unpaired) electrons. The molecule has 1 aromatic rings. The Balaban J connectivity index is 1.70. The Morgan fingerprint density at radius 1 is 1.28 bits per heavy atom. The number of alkyl halides is 3. The number of nitrogens with zero attached hydrogens (tertiary/aromatic N) is 3. The maximum Gasteiger partial charge on any atom is 0.433 e. The summed E-state index contributed by atoms with van der Waals surface area (Å²) in [5, 5.41) is 5.78. The fraction of sp³-hybridized carbons (Fsp3) is 0.667. The van der Waals surface area contributed by atoms with Crippen LogP contribution in [-0.4, -0.2) is 47.4 Å². The van der Waals surface area contributed by atoms with E-state index in [-0.39, 0.29) is 23.0 Å². The number of hydrogen-bond donors (Lipinski definition) is 2. The van der Waals surface area contributed by atoms with Gasteiger partial charge in [-0.2, -0.15) is 18.2 Å². The predicted molar refractivity (Wildman–Crippen MR) is 91.7 cm³/mol. The monoisotopic (exact) mass is 375 g/mol. The number of thiocarbonyl (C=S) groups is 1. The van der Waals surface area contributed by atoms with Gasteiger partial charge in [0.2, 0.25) is 5.95 Å². The first-order chi connectivity index (χ1) is 11.9. The molecule has 3 rings (SSSR count). The van der Waals surface area contributed by atoms with Gasteiger partial charge in [0, 0.05) is 32.3 Å². The zero-order valence-electron chi connectivity index (χ0n) is 13.6. The van der Waals surface area contributed by atoms with E-state index in [0.29, 0.717) is 19.6 Å². The number of anilines is 2. The second-order valence-electron chi connectivity index (χ2n) is 6.10. The molecule has 1 atom stereocenters. The summed E-state index contributed by atoms with van der Waals surface area (Å²) in [4.78, 5) is 9.58. The molecule has 25 heavy (non-hydrogen) atoms. The highest BCUT2D eigenvalue weighted by Gasteiger charge is 2.34. The van der Waals surface area contributed by atoms with Crippen molar-refractivity contribution in [2.75, 3.05) is 36.5 Å². The van der Waals surface area contributed by atoms with Crippen LogP contribution in [0.15, 0.2) is 6.07 Å². The topological polar surface area (TPSA) is 62.3 Å². The first kappa shape index (κ1) is 18.1. The van der Waals surface area contributed by atoms with Crippen LogP contribution in [0.2, 0.25) is 0 Å². The predicted octanol–water partition coefficient (Wildman–Crippen LogP) is 2.56. The molecule has 10 heteroatoms. The van der Waals surface area contributed by atoms with Crippen molar-refractivity contribution in [1.82, 2.24) is 15.3 Å². The first-order valence-corrected chi connectivity index (χ1v) is 8.70. The van der Waals surface area contributed by atoms with E-state index in [2.05, 4.69) is 20.6 Å². The van der Waals surface area contributed by atoms with Crippen molar-refractivity contribution in [2.45, 2.75) is 38.0 Å². The van der Waals surface area contributed by atoms with E-state index in [0.717, 1.165) is 38.4 Å². The van der Waals surface area contributed by atoms with Gasteiger partial charge >= 0.3 is 6.18 Å². The van der Waals surface area contributed by atoms with E-state index in [4.69, 9.17) is 17.0 Å². The molecule has 3 heterocycles. The lowest BCUT2D eigenvalue weighted by Crippen LogP contribution is -2.35. The van der Waals surface area contributed by atoms with Gasteiger partial charge in [0.25, 0.3) is 0 Å². The summed E-state index contributed by atoms with van der Waals surface area (Å²) in [7, 11) is 0. The second-order valence-corrected chi connectivity index (χ2v) is 6.51. The number of ether oxygens (including phenoxy) is 1. The molecule has 2 N–H and O–H groups in total. The lowest BCUT2D eigenvalue weighted by Gasteiger charge is -2.19. The summed E-state index contributed by atoms with van der Waals surface area (Å²) in [5.41, 5.74) is -0.978. The Hall–Kier alpha value is -1.68. The Kier molecular flexibility index (Phi) is 5.57. The van der Waals surface area contributed by atoms with Gasteiger partial charge in [-0.25, -0.2) is 4.98 Å². The highest BCUT2D eigenvalue weighted by Crippen LogP contribution is 2.31. The van der Waals surface area contributed by atoms with Crippen molar-refractivity contribution in [3.05, 3.63) is 11.8 Å². The van der Waals surface area contributed by atoms with E-state index >= 15 is 0 Å². The van der Waals surface area contributed by atoms with Gasteiger partial charge in [-0.05, 0) is 37.9 Å².